The second-order valence-electron chi connectivity index (χ2n) is 6.00. The van der Waals surface area contributed by atoms with Gasteiger partial charge in [0.05, 0.1) is 12.6 Å². The van der Waals surface area contributed by atoms with E-state index in [0.717, 1.165) is 38.8 Å². The first-order valence-electron chi connectivity index (χ1n) is 8.61. The monoisotopic (exact) mass is 340 g/mol. The first-order chi connectivity index (χ1) is 11.7. The topological polar surface area (TPSA) is 130 Å². The number of unbranched alkanes of at least 4 members (excludes halogenated alkanes) is 2. The highest BCUT2D eigenvalue weighted by atomic mass is 16.4. The summed E-state index contributed by atoms with van der Waals surface area (Å²) in [5.41, 5.74) is 6.05. The van der Waals surface area contributed by atoms with Gasteiger partial charge in [-0.2, -0.15) is 0 Å². The van der Waals surface area contributed by atoms with Crippen LogP contribution in [0.25, 0.3) is 0 Å². The Morgan fingerprint density at radius 1 is 1.38 bits per heavy atom. The van der Waals surface area contributed by atoms with Crippen molar-refractivity contribution in [2.75, 3.05) is 32.8 Å². The summed E-state index contributed by atoms with van der Waals surface area (Å²) in [5, 5.41) is 23.3. The number of carbonyl (C=O) groups excluding carboxylic acids is 1. The number of nitrogens with two attached hydrogens (primary N) is 1. The SMILES string of the molecule is CCCCC[C@H](N)c1nnc([C@H](CO)NC(=O)N2CCNCC2)o1. The number of nitrogens with zero attached hydrogens (tertiary/aromatic N) is 3. The third-order valence-corrected chi connectivity index (χ3v) is 4.07. The summed E-state index contributed by atoms with van der Waals surface area (Å²) in [4.78, 5) is 13.9. The lowest BCUT2D eigenvalue weighted by Gasteiger charge is -2.28. The molecule has 9 nitrogen and oxygen atoms in total. The number of rotatable bonds is 8. The standard InChI is InChI=1S/C15H28N6O3/c1-2-3-4-5-11(16)13-19-20-14(24-13)12(10-22)18-15(23)21-8-6-17-7-9-21/h11-12,17,22H,2-10,16H2,1H3,(H,18,23)/t11-,12-/m0/s1. The summed E-state index contributed by atoms with van der Waals surface area (Å²) in [5.74, 6) is 0.526. The smallest absolute Gasteiger partial charge is 0.318 e. The molecule has 0 aromatic carbocycles. The Kier molecular flexibility index (Phi) is 7.41. The zero-order valence-corrected chi connectivity index (χ0v) is 14.2. The molecule has 1 saturated heterocycles. The van der Waals surface area contributed by atoms with Gasteiger partial charge in [-0.05, 0) is 6.42 Å². The molecule has 1 fully saturated rings. The summed E-state index contributed by atoms with van der Waals surface area (Å²) in [6, 6.07) is -1.29. The molecule has 2 atom stereocenters. The van der Waals surface area contributed by atoms with Crippen molar-refractivity contribution in [3.8, 4) is 0 Å². The van der Waals surface area contributed by atoms with Gasteiger partial charge in [0.25, 0.3) is 0 Å². The van der Waals surface area contributed by atoms with Crippen molar-refractivity contribution < 1.29 is 14.3 Å². The number of urea groups is 1. The molecule has 2 amide bonds. The van der Waals surface area contributed by atoms with Crippen LogP contribution in [-0.2, 0) is 0 Å². The van der Waals surface area contributed by atoms with E-state index in [1.54, 1.807) is 4.90 Å². The average Bonchev–Trinajstić information content (AvgIpc) is 3.10. The van der Waals surface area contributed by atoms with Crippen molar-refractivity contribution in [1.29, 1.82) is 0 Å². The number of aliphatic hydroxyl groups excluding tert-OH is 1. The number of aliphatic hydroxyl groups is 1. The van der Waals surface area contributed by atoms with Crippen LogP contribution in [-0.4, -0.2) is 59.0 Å². The minimum absolute atomic E-state index is 0.182. The van der Waals surface area contributed by atoms with E-state index in [9.17, 15) is 9.90 Å². The lowest BCUT2D eigenvalue weighted by molar-refractivity contribution is 0.169. The molecule has 0 bridgehead atoms. The van der Waals surface area contributed by atoms with E-state index in [4.69, 9.17) is 10.2 Å². The van der Waals surface area contributed by atoms with Gasteiger partial charge in [0.15, 0.2) is 0 Å². The molecule has 0 unspecified atom stereocenters. The van der Waals surface area contributed by atoms with Crippen molar-refractivity contribution in [1.82, 2.24) is 25.7 Å². The van der Waals surface area contributed by atoms with E-state index in [1.807, 2.05) is 0 Å². The summed E-state index contributed by atoms with van der Waals surface area (Å²) in [6.07, 6.45) is 3.99. The third-order valence-electron chi connectivity index (χ3n) is 4.07. The Hall–Kier alpha value is -1.71. The lowest BCUT2D eigenvalue weighted by Crippen LogP contribution is -2.51. The highest BCUT2D eigenvalue weighted by Gasteiger charge is 2.25. The van der Waals surface area contributed by atoms with Crippen LogP contribution in [0.15, 0.2) is 4.42 Å². The van der Waals surface area contributed by atoms with Gasteiger partial charge >= 0.3 is 6.03 Å². The van der Waals surface area contributed by atoms with Gasteiger partial charge in [-0.1, -0.05) is 26.2 Å². The Morgan fingerprint density at radius 3 is 2.75 bits per heavy atom. The quantitative estimate of drug-likeness (QED) is 0.501. The number of carbonyl (C=O) groups is 1. The van der Waals surface area contributed by atoms with E-state index >= 15 is 0 Å². The fourth-order valence-corrected chi connectivity index (χ4v) is 2.57. The summed E-state index contributed by atoms with van der Waals surface area (Å²) < 4.78 is 5.56. The van der Waals surface area contributed by atoms with E-state index in [2.05, 4.69) is 27.8 Å². The van der Waals surface area contributed by atoms with Gasteiger partial charge in [0.2, 0.25) is 11.8 Å². The first kappa shape index (κ1) is 18.6. The maximum atomic E-state index is 12.2. The molecule has 1 aromatic heterocycles. The second kappa shape index (κ2) is 9.55. The normalized spacial score (nSPS) is 17.5. The number of nitrogens with one attached hydrogen (secondary N) is 2. The summed E-state index contributed by atoms with van der Waals surface area (Å²) >= 11 is 0. The Bertz CT molecular complexity index is 503. The molecular weight excluding hydrogens is 312 g/mol. The van der Waals surface area contributed by atoms with Gasteiger partial charge in [0, 0.05) is 26.2 Å². The molecule has 24 heavy (non-hydrogen) atoms. The van der Waals surface area contributed by atoms with Gasteiger partial charge in [0.1, 0.15) is 6.04 Å². The maximum absolute atomic E-state index is 12.2. The van der Waals surface area contributed by atoms with Crippen molar-refractivity contribution in [2.45, 2.75) is 44.7 Å². The molecule has 1 aromatic rings. The molecule has 9 heteroatoms. The minimum atomic E-state index is -0.725. The summed E-state index contributed by atoms with van der Waals surface area (Å²) in [7, 11) is 0. The van der Waals surface area contributed by atoms with Crippen LogP contribution in [0.4, 0.5) is 4.79 Å². The van der Waals surface area contributed by atoms with Gasteiger partial charge in [-0.25, -0.2) is 4.79 Å². The van der Waals surface area contributed by atoms with E-state index in [0.29, 0.717) is 19.0 Å². The molecule has 2 rings (SSSR count). The molecule has 0 aliphatic carbocycles. The first-order valence-corrected chi connectivity index (χ1v) is 8.61. The molecule has 0 radical (unpaired) electrons. The molecule has 0 saturated carbocycles. The zero-order chi connectivity index (χ0) is 17.4. The van der Waals surface area contributed by atoms with Gasteiger partial charge < -0.3 is 30.8 Å². The largest absolute Gasteiger partial charge is 0.421 e. The molecule has 2 heterocycles. The molecule has 1 aliphatic heterocycles. The Morgan fingerprint density at radius 2 is 2.08 bits per heavy atom. The average molecular weight is 340 g/mol. The molecular formula is C15H28N6O3. The van der Waals surface area contributed by atoms with Crippen LogP contribution in [0.2, 0.25) is 0 Å². The summed E-state index contributed by atoms with van der Waals surface area (Å²) in [6.45, 7) is 4.58. The molecule has 1 aliphatic rings. The lowest BCUT2D eigenvalue weighted by atomic mass is 10.1. The van der Waals surface area contributed by atoms with Gasteiger partial charge in [-0.3, -0.25) is 0 Å². The number of amides is 2. The fourth-order valence-electron chi connectivity index (χ4n) is 2.57. The molecule has 136 valence electrons. The number of hydrogen-bond donors (Lipinski definition) is 4. The van der Waals surface area contributed by atoms with Crippen LogP contribution < -0.4 is 16.4 Å². The van der Waals surface area contributed by atoms with Crippen molar-refractivity contribution in [3.05, 3.63) is 11.8 Å². The molecule has 5 N–H and O–H groups in total. The van der Waals surface area contributed by atoms with Crippen LogP contribution in [0.1, 0.15) is 56.5 Å². The van der Waals surface area contributed by atoms with E-state index in [-0.39, 0.29) is 24.6 Å². The van der Waals surface area contributed by atoms with Crippen LogP contribution in [0.3, 0.4) is 0 Å². The number of hydrogen-bond acceptors (Lipinski definition) is 7. The second-order valence-corrected chi connectivity index (χ2v) is 6.00. The predicted molar refractivity (Wildman–Crippen MR) is 88.2 cm³/mol. The fraction of sp³-hybridized carbons (Fsp3) is 0.800. The van der Waals surface area contributed by atoms with Gasteiger partial charge in [-0.15, -0.1) is 10.2 Å². The Balaban J connectivity index is 1.91. The van der Waals surface area contributed by atoms with Crippen LogP contribution in [0, 0.1) is 0 Å². The minimum Gasteiger partial charge on any atom is -0.421 e. The van der Waals surface area contributed by atoms with E-state index in [1.165, 1.54) is 0 Å². The third kappa shape index (κ3) is 5.15. The van der Waals surface area contributed by atoms with Crippen molar-refractivity contribution in [3.63, 3.8) is 0 Å². The molecule has 0 spiro atoms. The maximum Gasteiger partial charge on any atom is 0.318 e. The van der Waals surface area contributed by atoms with Crippen LogP contribution in [0.5, 0.6) is 0 Å². The Labute approximate surface area is 142 Å². The number of piperazine rings is 1. The highest BCUT2D eigenvalue weighted by molar-refractivity contribution is 5.74. The highest BCUT2D eigenvalue weighted by Crippen LogP contribution is 2.19. The predicted octanol–water partition coefficient (Wildman–Crippen LogP) is 0.298. The number of aromatic nitrogens is 2. The van der Waals surface area contributed by atoms with Crippen molar-refractivity contribution in [2.24, 2.45) is 5.73 Å². The van der Waals surface area contributed by atoms with Crippen molar-refractivity contribution >= 4 is 6.03 Å². The van der Waals surface area contributed by atoms with E-state index < -0.39 is 6.04 Å². The zero-order valence-electron chi connectivity index (χ0n) is 14.2. The van der Waals surface area contributed by atoms with Crippen LogP contribution >= 0.6 is 0 Å².